The zero-order valence-corrected chi connectivity index (χ0v) is 15.2. The predicted molar refractivity (Wildman–Crippen MR) is 96.2 cm³/mol. The first-order chi connectivity index (χ1) is 10.7. The molecule has 2 nitrogen and oxygen atoms in total. The van der Waals surface area contributed by atoms with Crippen LogP contribution in [0.15, 0.2) is 0 Å². The second-order valence-electron chi connectivity index (χ2n) is 6.97. The normalized spacial score (nSPS) is 12.5. The second-order valence-corrected chi connectivity index (χ2v) is 6.97. The van der Waals surface area contributed by atoms with Crippen molar-refractivity contribution in [2.45, 2.75) is 110 Å². The molecule has 0 aliphatic heterocycles. The highest BCUT2D eigenvalue weighted by Crippen LogP contribution is 2.18. The van der Waals surface area contributed by atoms with E-state index in [0.29, 0.717) is 18.3 Å². The molecular weight excluding hydrogens is 272 g/mol. The molecule has 0 aromatic carbocycles. The number of unbranched alkanes of at least 4 members (excludes halogenated alkanes) is 10. The molecule has 0 aromatic rings. The summed E-state index contributed by atoms with van der Waals surface area (Å²) in [6.45, 7) is 4.30. The van der Waals surface area contributed by atoms with Crippen molar-refractivity contribution in [1.82, 2.24) is 0 Å². The summed E-state index contributed by atoms with van der Waals surface area (Å²) in [6.07, 6.45) is 18.6. The van der Waals surface area contributed by atoms with Crippen molar-refractivity contribution in [1.29, 1.82) is 0 Å². The van der Waals surface area contributed by atoms with Gasteiger partial charge in [0.15, 0.2) is 0 Å². The van der Waals surface area contributed by atoms with Gasteiger partial charge in [0, 0.05) is 13.0 Å². The standard InChI is InChI=1S/C20H40O2/c1-3-4-5-6-7-10-13-16-20(18-21)17-14-11-8-9-12-15-19(2)22/h20-21H,3-18H2,1-2H3. The van der Waals surface area contributed by atoms with Crippen molar-refractivity contribution in [3.63, 3.8) is 0 Å². The first-order valence-electron chi connectivity index (χ1n) is 9.81. The minimum atomic E-state index is 0.315. The Morgan fingerprint density at radius 3 is 1.68 bits per heavy atom. The third-order valence-electron chi connectivity index (χ3n) is 4.62. The van der Waals surface area contributed by atoms with Gasteiger partial charge in [0.05, 0.1) is 0 Å². The lowest BCUT2D eigenvalue weighted by molar-refractivity contribution is -0.117. The first-order valence-corrected chi connectivity index (χ1v) is 9.81. The van der Waals surface area contributed by atoms with Crippen molar-refractivity contribution >= 4 is 5.78 Å². The average molecular weight is 313 g/mol. The van der Waals surface area contributed by atoms with Crippen LogP contribution in [0.5, 0.6) is 0 Å². The van der Waals surface area contributed by atoms with Gasteiger partial charge in [-0.2, -0.15) is 0 Å². The molecule has 0 amide bonds. The van der Waals surface area contributed by atoms with E-state index >= 15 is 0 Å². The molecule has 22 heavy (non-hydrogen) atoms. The van der Waals surface area contributed by atoms with Gasteiger partial charge in [-0.3, -0.25) is 0 Å². The molecule has 0 saturated carbocycles. The Labute approximate surface area is 139 Å². The van der Waals surface area contributed by atoms with Gasteiger partial charge in [-0.25, -0.2) is 0 Å². The van der Waals surface area contributed by atoms with E-state index in [4.69, 9.17) is 0 Å². The highest BCUT2D eigenvalue weighted by Gasteiger charge is 2.07. The molecule has 0 aliphatic carbocycles. The molecule has 0 aromatic heterocycles. The Morgan fingerprint density at radius 1 is 0.773 bits per heavy atom. The number of aliphatic hydroxyl groups is 1. The van der Waals surface area contributed by atoms with E-state index in [1.807, 2.05) is 0 Å². The van der Waals surface area contributed by atoms with Crippen LogP contribution in [0, 0.1) is 5.92 Å². The minimum absolute atomic E-state index is 0.315. The number of aliphatic hydroxyl groups excluding tert-OH is 1. The van der Waals surface area contributed by atoms with Gasteiger partial charge < -0.3 is 9.90 Å². The van der Waals surface area contributed by atoms with E-state index in [0.717, 1.165) is 12.8 Å². The molecule has 0 heterocycles. The summed E-state index contributed by atoms with van der Waals surface area (Å²) in [5, 5.41) is 9.46. The van der Waals surface area contributed by atoms with E-state index in [1.54, 1.807) is 6.92 Å². The highest BCUT2D eigenvalue weighted by atomic mass is 16.3. The highest BCUT2D eigenvalue weighted by molar-refractivity contribution is 5.75. The van der Waals surface area contributed by atoms with Crippen LogP contribution in [0.4, 0.5) is 0 Å². The molecule has 0 aliphatic rings. The Kier molecular flexibility index (Phi) is 16.7. The van der Waals surface area contributed by atoms with Crippen LogP contribution in [-0.4, -0.2) is 17.5 Å². The minimum Gasteiger partial charge on any atom is -0.396 e. The van der Waals surface area contributed by atoms with Crippen LogP contribution in [0.2, 0.25) is 0 Å². The molecule has 1 N–H and O–H groups in total. The molecule has 132 valence electrons. The molecule has 0 rings (SSSR count). The summed E-state index contributed by atoms with van der Waals surface area (Å²) >= 11 is 0. The third-order valence-corrected chi connectivity index (χ3v) is 4.62. The van der Waals surface area contributed by atoms with Gasteiger partial charge in [0.1, 0.15) is 5.78 Å². The fourth-order valence-electron chi connectivity index (χ4n) is 3.05. The van der Waals surface area contributed by atoms with E-state index in [2.05, 4.69) is 6.92 Å². The van der Waals surface area contributed by atoms with Gasteiger partial charge in [0.25, 0.3) is 0 Å². The second kappa shape index (κ2) is 17.0. The number of hydrogen-bond donors (Lipinski definition) is 1. The lowest BCUT2D eigenvalue weighted by Gasteiger charge is -2.13. The number of Topliss-reactive ketones (excluding diaryl/α,β-unsaturated/α-hetero) is 1. The van der Waals surface area contributed by atoms with Gasteiger partial charge in [-0.05, 0) is 32.1 Å². The van der Waals surface area contributed by atoms with Crippen molar-refractivity contribution in [3.8, 4) is 0 Å². The van der Waals surface area contributed by atoms with Gasteiger partial charge in [-0.15, -0.1) is 0 Å². The molecule has 1 atom stereocenters. The maximum Gasteiger partial charge on any atom is 0.129 e. The molecule has 0 radical (unpaired) electrons. The number of carbonyl (C=O) groups is 1. The van der Waals surface area contributed by atoms with E-state index < -0.39 is 0 Å². The topological polar surface area (TPSA) is 37.3 Å². The van der Waals surface area contributed by atoms with Crippen molar-refractivity contribution < 1.29 is 9.90 Å². The van der Waals surface area contributed by atoms with Gasteiger partial charge in [-0.1, -0.05) is 77.6 Å². The molecule has 2 heteroatoms. The zero-order valence-electron chi connectivity index (χ0n) is 15.2. The fraction of sp³-hybridized carbons (Fsp3) is 0.950. The van der Waals surface area contributed by atoms with Crippen LogP contribution in [-0.2, 0) is 4.79 Å². The lowest BCUT2D eigenvalue weighted by atomic mass is 9.95. The molecule has 0 spiro atoms. The Balaban J connectivity index is 3.34. The molecule has 1 unspecified atom stereocenters. The molecule has 0 bridgehead atoms. The number of carbonyl (C=O) groups excluding carboxylic acids is 1. The van der Waals surface area contributed by atoms with Crippen LogP contribution < -0.4 is 0 Å². The summed E-state index contributed by atoms with van der Waals surface area (Å²) in [7, 11) is 0. The average Bonchev–Trinajstić information content (AvgIpc) is 2.50. The summed E-state index contributed by atoms with van der Waals surface area (Å²) in [5.74, 6) is 0.836. The third kappa shape index (κ3) is 16.0. The van der Waals surface area contributed by atoms with Crippen LogP contribution in [0.25, 0.3) is 0 Å². The number of hydrogen-bond acceptors (Lipinski definition) is 2. The Morgan fingerprint density at radius 2 is 1.23 bits per heavy atom. The number of ketones is 1. The van der Waals surface area contributed by atoms with Gasteiger partial charge in [0.2, 0.25) is 0 Å². The van der Waals surface area contributed by atoms with Crippen molar-refractivity contribution in [2.75, 3.05) is 6.61 Å². The smallest absolute Gasteiger partial charge is 0.129 e. The fourth-order valence-corrected chi connectivity index (χ4v) is 3.05. The SMILES string of the molecule is CCCCCCCCCC(CO)CCCCCCCC(C)=O. The molecule has 0 saturated heterocycles. The van der Waals surface area contributed by atoms with Crippen LogP contribution in [0.1, 0.15) is 110 Å². The quantitative estimate of drug-likeness (QED) is 0.332. The Bertz CT molecular complexity index is 238. The van der Waals surface area contributed by atoms with E-state index in [1.165, 1.54) is 83.5 Å². The van der Waals surface area contributed by atoms with Crippen molar-refractivity contribution in [3.05, 3.63) is 0 Å². The van der Waals surface area contributed by atoms with E-state index in [-0.39, 0.29) is 0 Å². The maximum atomic E-state index is 10.8. The predicted octanol–water partition coefficient (Wildman–Crippen LogP) is 6.06. The first kappa shape index (κ1) is 21.6. The lowest BCUT2D eigenvalue weighted by Crippen LogP contribution is -2.06. The maximum absolute atomic E-state index is 10.8. The Hall–Kier alpha value is -0.370. The number of rotatable bonds is 17. The largest absolute Gasteiger partial charge is 0.396 e. The zero-order chi connectivity index (χ0) is 16.5. The summed E-state index contributed by atoms with van der Waals surface area (Å²) in [5.41, 5.74) is 0. The van der Waals surface area contributed by atoms with Crippen LogP contribution in [0.3, 0.4) is 0 Å². The summed E-state index contributed by atoms with van der Waals surface area (Å²) < 4.78 is 0. The summed E-state index contributed by atoms with van der Waals surface area (Å²) in [4.78, 5) is 10.8. The van der Waals surface area contributed by atoms with E-state index in [9.17, 15) is 9.90 Å². The monoisotopic (exact) mass is 312 g/mol. The van der Waals surface area contributed by atoms with Gasteiger partial charge >= 0.3 is 0 Å². The summed E-state index contributed by atoms with van der Waals surface area (Å²) in [6, 6.07) is 0. The van der Waals surface area contributed by atoms with Crippen LogP contribution >= 0.6 is 0 Å². The molecular formula is C20H40O2. The van der Waals surface area contributed by atoms with Crippen molar-refractivity contribution in [2.24, 2.45) is 5.92 Å². The molecule has 0 fully saturated rings.